The third-order valence-electron chi connectivity index (χ3n) is 2.43. The summed E-state index contributed by atoms with van der Waals surface area (Å²) in [5.41, 5.74) is 7.46. The minimum atomic E-state index is -1.05. The van der Waals surface area contributed by atoms with E-state index in [-0.39, 0.29) is 17.9 Å². The first-order chi connectivity index (χ1) is 8.56. The first-order valence-electron chi connectivity index (χ1n) is 5.62. The van der Waals surface area contributed by atoms with E-state index in [1.54, 1.807) is 13.0 Å². The van der Waals surface area contributed by atoms with Crippen LogP contribution >= 0.6 is 0 Å². The third kappa shape index (κ3) is 3.90. The van der Waals surface area contributed by atoms with Crippen molar-refractivity contribution in [1.82, 2.24) is 0 Å². The normalized spacial score (nSPS) is 10.3. The van der Waals surface area contributed by atoms with Crippen molar-refractivity contribution < 1.29 is 19.7 Å². The Bertz CT molecular complexity index is 421. The number of aromatic carboxylic acids is 1. The maximum atomic E-state index is 11.0. The predicted octanol–water partition coefficient (Wildman–Crippen LogP) is 0.696. The molecular weight excluding hydrogens is 236 g/mol. The molecule has 0 aliphatic heterocycles. The lowest BCUT2D eigenvalue weighted by Crippen LogP contribution is -2.12. The van der Waals surface area contributed by atoms with Gasteiger partial charge in [0.15, 0.2) is 0 Å². The molecule has 1 aromatic carbocycles. The van der Waals surface area contributed by atoms with E-state index >= 15 is 0 Å². The van der Waals surface area contributed by atoms with Crippen LogP contribution in [0.1, 0.15) is 15.9 Å². The van der Waals surface area contributed by atoms with Crippen molar-refractivity contribution in [1.29, 1.82) is 0 Å². The van der Waals surface area contributed by atoms with Gasteiger partial charge in [-0.05, 0) is 24.6 Å². The molecule has 6 heteroatoms. The topological polar surface area (TPSA) is 105 Å². The third-order valence-corrected chi connectivity index (χ3v) is 2.43. The monoisotopic (exact) mass is 254 g/mol. The number of nitrogens with two attached hydrogens (primary N) is 1. The van der Waals surface area contributed by atoms with Crippen LogP contribution in [0.15, 0.2) is 12.1 Å². The van der Waals surface area contributed by atoms with Gasteiger partial charge in [0.25, 0.3) is 0 Å². The van der Waals surface area contributed by atoms with Gasteiger partial charge in [-0.2, -0.15) is 0 Å². The van der Waals surface area contributed by atoms with Crippen molar-refractivity contribution in [2.75, 3.05) is 37.4 Å². The summed E-state index contributed by atoms with van der Waals surface area (Å²) in [5, 5.41) is 20.6. The van der Waals surface area contributed by atoms with Crippen molar-refractivity contribution in [2.24, 2.45) is 0 Å². The Labute approximate surface area is 105 Å². The molecule has 100 valence electrons. The van der Waals surface area contributed by atoms with E-state index < -0.39 is 5.97 Å². The van der Waals surface area contributed by atoms with E-state index in [0.29, 0.717) is 31.0 Å². The lowest BCUT2D eigenvalue weighted by molar-refractivity contribution is 0.0698. The van der Waals surface area contributed by atoms with Crippen molar-refractivity contribution in [3.63, 3.8) is 0 Å². The Kier molecular flexibility index (Phi) is 5.41. The number of aliphatic hydroxyl groups is 1. The summed E-state index contributed by atoms with van der Waals surface area (Å²) in [6, 6.07) is 3.28. The van der Waals surface area contributed by atoms with E-state index in [4.69, 9.17) is 20.7 Å². The number of rotatable bonds is 7. The number of hydrogen-bond donors (Lipinski definition) is 4. The molecule has 0 radical (unpaired) electrons. The first kappa shape index (κ1) is 14.3. The molecule has 0 amide bonds. The number of aryl methyl sites for hydroxylation is 1. The SMILES string of the molecule is Cc1cc(NCCOCCO)cc(C(=O)O)c1N. The van der Waals surface area contributed by atoms with Gasteiger partial charge in [-0.25, -0.2) is 4.79 Å². The number of carboxylic acid groups (broad SMARTS) is 1. The lowest BCUT2D eigenvalue weighted by Gasteiger charge is -2.11. The maximum absolute atomic E-state index is 11.0. The fourth-order valence-corrected chi connectivity index (χ4v) is 1.51. The van der Waals surface area contributed by atoms with E-state index in [1.165, 1.54) is 6.07 Å². The summed E-state index contributed by atoms with van der Waals surface area (Å²) in [6.45, 7) is 3.01. The quantitative estimate of drug-likeness (QED) is 0.421. The fourth-order valence-electron chi connectivity index (χ4n) is 1.51. The van der Waals surface area contributed by atoms with Gasteiger partial charge in [-0.3, -0.25) is 0 Å². The molecule has 5 N–H and O–H groups in total. The van der Waals surface area contributed by atoms with Gasteiger partial charge in [-0.15, -0.1) is 0 Å². The highest BCUT2D eigenvalue weighted by molar-refractivity contribution is 5.95. The number of nitrogens with one attached hydrogen (secondary N) is 1. The van der Waals surface area contributed by atoms with E-state index in [9.17, 15) is 4.79 Å². The van der Waals surface area contributed by atoms with E-state index in [0.717, 1.165) is 0 Å². The highest BCUT2D eigenvalue weighted by Gasteiger charge is 2.11. The molecule has 0 aliphatic rings. The van der Waals surface area contributed by atoms with Crippen LogP contribution in [0.25, 0.3) is 0 Å². The van der Waals surface area contributed by atoms with Crippen LogP contribution in [0.2, 0.25) is 0 Å². The van der Waals surface area contributed by atoms with Gasteiger partial charge < -0.3 is 26.0 Å². The number of carboxylic acids is 1. The average Bonchev–Trinajstić information content (AvgIpc) is 2.32. The zero-order chi connectivity index (χ0) is 13.5. The summed E-state index contributed by atoms with van der Waals surface area (Å²) in [7, 11) is 0. The van der Waals surface area contributed by atoms with Crippen molar-refractivity contribution in [2.45, 2.75) is 6.92 Å². The number of aliphatic hydroxyl groups excluding tert-OH is 1. The molecular formula is C12H18N2O4. The van der Waals surface area contributed by atoms with Gasteiger partial charge in [0, 0.05) is 17.9 Å². The number of anilines is 2. The van der Waals surface area contributed by atoms with Crippen LogP contribution < -0.4 is 11.1 Å². The van der Waals surface area contributed by atoms with Gasteiger partial charge in [0.2, 0.25) is 0 Å². The van der Waals surface area contributed by atoms with Crippen LogP contribution in [0.4, 0.5) is 11.4 Å². The number of benzene rings is 1. The molecule has 0 fully saturated rings. The van der Waals surface area contributed by atoms with Crippen LogP contribution in [-0.2, 0) is 4.74 Å². The van der Waals surface area contributed by atoms with Crippen molar-refractivity contribution in [3.05, 3.63) is 23.3 Å². The predicted molar refractivity (Wildman–Crippen MR) is 68.9 cm³/mol. The van der Waals surface area contributed by atoms with Crippen LogP contribution in [0, 0.1) is 6.92 Å². The van der Waals surface area contributed by atoms with Crippen LogP contribution in [0.5, 0.6) is 0 Å². The molecule has 0 bridgehead atoms. The molecule has 1 aromatic rings. The van der Waals surface area contributed by atoms with Crippen molar-refractivity contribution >= 4 is 17.3 Å². The van der Waals surface area contributed by atoms with Gasteiger partial charge in [0.1, 0.15) is 0 Å². The molecule has 18 heavy (non-hydrogen) atoms. The Balaban J connectivity index is 2.64. The number of ether oxygens (including phenoxy) is 1. The average molecular weight is 254 g/mol. The first-order valence-corrected chi connectivity index (χ1v) is 5.62. The zero-order valence-electron chi connectivity index (χ0n) is 10.3. The van der Waals surface area contributed by atoms with Crippen LogP contribution in [-0.4, -0.2) is 42.5 Å². The summed E-state index contributed by atoms with van der Waals surface area (Å²) >= 11 is 0. The Hall–Kier alpha value is -1.79. The second kappa shape index (κ2) is 6.83. The second-order valence-electron chi connectivity index (χ2n) is 3.82. The molecule has 0 saturated heterocycles. The number of hydrogen-bond acceptors (Lipinski definition) is 5. The zero-order valence-corrected chi connectivity index (χ0v) is 10.3. The molecule has 0 unspecified atom stereocenters. The second-order valence-corrected chi connectivity index (χ2v) is 3.82. The van der Waals surface area contributed by atoms with Gasteiger partial charge >= 0.3 is 5.97 Å². The number of nitrogen functional groups attached to an aromatic ring is 1. The Morgan fingerprint density at radius 3 is 2.78 bits per heavy atom. The Morgan fingerprint density at radius 1 is 1.44 bits per heavy atom. The minimum absolute atomic E-state index is 0.00978. The Morgan fingerprint density at radius 2 is 2.17 bits per heavy atom. The van der Waals surface area contributed by atoms with E-state index in [1.807, 2.05) is 0 Å². The lowest BCUT2D eigenvalue weighted by atomic mass is 10.1. The highest BCUT2D eigenvalue weighted by Crippen LogP contribution is 2.22. The smallest absolute Gasteiger partial charge is 0.337 e. The number of carbonyl (C=O) groups is 1. The molecule has 0 aliphatic carbocycles. The van der Waals surface area contributed by atoms with Gasteiger partial charge in [0.05, 0.1) is 25.4 Å². The van der Waals surface area contributed by atoms with Gasteiger partial charge in [-0.1, -0.05) is 0 Å². The van der Waals surface area contributed by atoms with E-state index in [2.05, 4.69) is 5.32 Å². The fraction of sp³-hybridized carbons (Fsp3) is 0.417. The summed E-state index contributed by atoms with van der Waals surface area (Å²) in [6.07, 6.45) is 0. The standard InChI is InChI=1S/C12H18N2O4/c1-8-6-9(14-2-4-18-5-3-15)7-10(11(8)13)12(16)17/h6-7,14-15H,2-5,13H2,1H3,(H,16,17). The summed E-state index contributed by atoms with van der Waals surface area (Å²) in [4.78, 5) is 11.0. The molecule has 0 aromatic heterocycles. The molecule has 0 saturated carbocycles. The molecule has 0 spiro atoms. The summed E-state index contributed by atoms with van der Waals surface area (Å²) in [5.74, 6) is -1.05. The maximum Gasteiger partial charge on any atom is 0.337 e. The van der Waals surface area contributed by atoms with Crippen LogP contribution in [0.3, 0.4) is 0 Å². The molecule has 6 nitrogen and oxygen atoms in total. The minimum Gasteiger partial charge on any atom is -0.478 e. The molecule has 0 atom stereocenters. The molecule has 1 rings (SSSR count). The largest absolute Gasteiger partial charge is 0.478 e. The molecule has 0 heterocycles. The summed E-state index contributed by atoms with van der Waals surface area (Å²) < 4.78 is 5.08. The van der Waals surface area contributed by atoms with Crippen molar-refractivity contribution in [3.8, 4) is 0 Å². The highest BCUT2D eigenvalue weighted by atomic mass is 16.5.